The average molecular weight is 411 g/mol. The molecule has 2 aliphatic heterocycles. The summed E-state index contributed by atoms with van der Waals surface area (Å²) in [6, 6.07) is 11.2. The van der Waals surface area contributed by atoms with E-state index in [2.05, 4.69) is 16.2 Å². The van der Waals surface area contributed by atoms with Crippen LogP contribution < -0.4 is 25.6 Å². The number of benzene rings is 2. The number of carbonyl (C=O) groups is 3. The quantitative estimate of drug-likeness (QED) is 0.659. The van der Waals surface area contributed by atoms with Gasteiger partial charge in [0, 0.05) is 23.4 Å². The van der Waals surface area contributed by atoms with Gasteiger partial charge < -0.3 is 19.5 Å². The number of hydrogen-bond donors (Lipinski definition) is 3. The molecule has 2 aromatic carbocycles. The van der Waals surface area contributed by atoms with Gasteiger partial charge in [-0.2, -0.15) is 0 Å². The number of hydrazine groups is 1. The largest absolute Gasteiger partial charge is 0.486 e. The second kappa shape index (κ2) is 8.83. The van der Waals surface area contributed by atoms with Crippen LogP contribution in [0.1, 0.15) is 33.6 Å². The fraction of sp³-hybridized carbons (Fsp3) is 0.286. The number of carbonyl (C=O) groups excluding carboxylic acids is 3. The van der Waals surface area contributed by atoms with Crippen molar-refractivity contribution >= 4 is 23.4 Å². The first kappa shape index (κ1) is 19.7. The van der Waals surface area contributed by atoms with Crippen molar-refractivity contribution in [1.82, 2.24) is 10.9 Å². The van der Waals surface area contributed by atoms with E-state index in [0.29, 0.717) is 49.0 Å². The molecule has 156 valence electrons. The minimum atomic E-state index is -0.519. The summed E-state index contributed by atoms with van der Waals surface area (Å²) in [5.41, 5.74) is 5.80. The van der Waals surface area contributed by atoms with E-state index in [9.17, 15) is 14.4 Å². The molecule has 30 heavy (non-hydrogen) atoms. The smallest absolute Gasteiger partial charge is 0.269 e. The molecular weight excluding hydrogens is 390 g/mol. The first-order chi connectivity index (χ1) is 14.6. The molecule has 0 aromatic heterocycles. The van der Waals surface area contributed by atoms with E-state index in [-0.39, 0.29) is 11.5 Å². The predicted octanol–water partition coefficient (Wildman–Crippen LogP) is 1.65. The predicted molar refractivity (Wildman–Crippen MR) is 106 cm³/mol. The standard InChI is InChI=1S/C21H21N3O6/c25-19(13-3-1-4-15(11-13)22-21(27)17-5-2-8-28-17)23-24-20(26)14-6-7-16-18(12-14)30-10-9-29-16/h1,3-4,6-7,11-12,17H,2,5,8-10H2,(H,22,27)(H,23,25)(H,24,26)/t17-/m0/s1. The van der Waals surface area contributed by atoms with Gasteiger partial charge in [-0.1, -0.05) is 6.07 Å². The van der Waals surface area contributed by atoms with Crippen LogP contribution in [0.5, 0.6) is 11.5 Å². The van der Waals surface area contributed by atoms with E-state index in [1.807, 2.05) is 0 Å². The fourth-order valence-corrected chi connectivity index (χ4v) is 3.19. The summed E-state index contributed by atoms with van der Waals surface area (Å²) in [6.45, 7) is 1.44. The summed E-state index contributed by atoms with van der Waals surface area (Å²) in [5.74, 6) is -0.201. The van der Waals surface area contributed by atoms with Gasteiger partial charge >= 0.3 is 0 Å². The Labute approximate surface area is 172 Å². The summed E-state index contributed by atoms with van der Waals surface area (Å²) in [7, 11) is 0. The molecule has 1 atom stereocenters. The molecule has 0 saturated carbocycles. The Bertz CT molecular complexity index is 971. The molecule has 2 heterocycles. The Morgan fingerprint density at radius 3 is 2.30 bits per heavy atom. The lowest BCUT2D eigenvalue weighted by Gasteiger charge is -2.18. The summed E-state index contributed by atoms with van der Waals surface area (Å²) in [6.07, 6.45) is 1.06. The van der Waals surface area contributed by atoms with Crippen LogP contribution in [0.4, 0.5) is 5.69 Å². The van der Waals surface area contributed by atoms with Gasteiger partial charge in [0.15, 0.2) is 11.5 Å². The Morgan fingerprint density at radius 2 is 1.57 bits per heavy atom. The molecule has 0 aliphatic carbocycles. The average Bonchev–Trinajstić information content (AvgIpc) is 3.32. The maximum Gasteiger partial charge on any atom is 0.269 e. The molecule has 4 rings (SSSR count). The number of fused-ring (bicyclic) bond motifs is 1. The van der Waals surface area contributed by atoms with Crippen LogP contribution in [-0.4, -0.2) is 43.6 Å². The SMILES string of the molecule is O=C(NNC(=O)c1ccc2c(c1)OCCO2)c1cccc(NC(=O)[C@@H]2CCCO2)c1. The maximum absolute atomic E-state index is 12.4. The molecular formula is C21H21N3O6. The zero-order chi connectivity index (χ0) is 20.9. The molecule has 2 aromatic rings. The second-order valence-electron chi connectivity index (χ2n) is 6.84. The van der Waals surface area contributed by atoms with Crippen LogP contribution in [0.25, 0.3) is 0 Å². The monoisotopic (exact) mass is 411 g/mol. The minimum Gasteiger partial charge on any atom is -0.486 e. The zero-order valence-electron chi connectivity index (χ0n) is 16.1. The molecule has 0 unspecified atom stereocenters. The van der Waals surface area contributed by atoms with Crippen LogP contribution in [-0.2, 0) is 9.53 Å². The third-order valence-electron chi connectivity index (χ3n) is 4.71. The molecule has 3 N–H and O–H groups in total. The summed E-state index contributed by atoms with van der Waals surface area (Å²) < 4.78 is 16.2. The fourth-order valence-electron chi connectivity index (χ4n) is 3.19. The Kier molecular flexibility index (Phi) is 5.80. The van der Waals surface area contributed by atoms with Crippen molar-refractivity contribution in [2.24, 2.45) is 0 Å². The third kappa shape index (κ3) is 4.52. The molecule has 0 spiro atoms. The van der Waals surface area contributed by atoms with E-state index >= 15 is 0 Å². The summed E-state index contributed by atoms with van der Waals surface area (Å²) in [5, 5.41) is 2.74. The van der Waals surface area contributed by atoms with Crippen LogP contribution in [0, 0.1) is 0 Å². The van der Waals surface area contributed by atoms with E-state index in [4.69, 9.17) is 14.2 Å². The van der Waals surface area contributed by atoms with Crippen molar-refractivity contribution in [3.05, 3.63) is 53.6 Å². The molecule has 1 fully saturated rings. The molecule has 2 aliphatic rings. The van der Waals surface area contributed by atoms with Crippen molar-refractivity contribution in [3.63, 3.8) is 0 Å². The Hall–Kier alpha value is -3.59. The number of nitrogens with one attached hydrogen (secondary N) is 3. The van der Waals surface area contributed by atoms with E-state index in [0.717, 1.165) is 6.42 Å². The number of amides is 3. The highest BCUT2D eigenvalue weighted by atomic mass is 16.6. The summed E-state index contributed by atoms with van der Waals surface area (Å²) >= 11 is 0. The molecule has 1 saturated heterocycles. The van der Waals surface area contributed by atoms with Crippen LogP contribution >= 0.6 is 0 Å². The van der Waals surface area contributed by atoms with Gasteiger partial charge in [0.1, 0.15) is 19.3 Å². The van der Waals surface area contributed by atoms with Gasteiger partial charge in [0.25, 0.3) is 17.7 Å². The Balaban J connectivity index is 1.34. The molecule has 0 bridgehead atoms. The van der Waals surface area contributed by atoms with E-state index < -0.39 is 17.9 Å². The van der Waals surface area contributed by atoms with Gasteiger partial charge in [-0.05, 0) is 49.2 Å². The van der Waals surface area contributed by atoms with Crippen LogP contribution in [0.15, 0.2) is 42.5 Å². The first-order valence-corrected chi connectivity index (χ1v) is 9.63. The first-order valence-electron chi connectivity index (χ1n) is 9.63. The van der Waals surface area contributed by atoms with Crippen molar-refractivity contribution in [1.29, 1.82) is 0 Å². The zero-order valence-corrected chi connectivity index (χ0v) is 16.1. The van der Waals surface area contributed by atoms with Gasteiger partial charge in [-0.25, -0.2) is 0 Å². The minimum absolute atomic E-state index is 0.239. The van der Waals surface area contributed by atoms with Crippen LogP contribution in [0.3, 0.4) is 0 Å². The summed E-state index contributed by atoms with van der Waals surface area (Å²) in [4.78, 5) is 36.9. The molecule has 0 radical (unpaired) electrons. The highest BCUT2D eigenvalue weighted by Gasteiger charge is 2.23. The lowest BCUT2D eigenvalue weighted by molar-refractivity contribution is -0.124. The number of rotatable bonds is 4. The number of ether oxygens (including phenoxy) is 3. The topological polar surface area (TPSA) is 115 Å². The molecule has 3 amide bonds. The number of hydrogen-bond acceptors (Lipinski definition) is 6. The lowest BCUT2D eigenvalue weighted by atomic mass is 10.1. The highest BCUT2D eigenvalue weighted by Crippen LogP contribution is 2.30. The van der Waals surface area contributed by atoms with Crippen molar-refractivity contribution in [2.45, 2.75) is 18.9 Å². The third-order valence-corrected chi connectivity index (χ3v) is 4.71. The second-order valence-corrected chi connectivity index (χ2v) is 6.84. The van der Waals surface area contributed by atoms with Gasteiger partial charge in [-0.15, -0.1) is 0 Å². The van der Waals surface area contributed by atoms with Crippen molar-refractivity contribution in [3.8, 4) is 11.5 Å². The van der Waals surface area contributed by atoms with E-state index in [1.54, 1.807) is 36.4 Å². The molecule has 9 heteroatoms. The Morgan fingerprint density at radius 1 is 0.833 bits per heavy atom. The molecule has 9 nitrogen and oxygen atoms in total. The van der Waals surface area contributed by atoms with E-state index in [1.165, 1.54) is 6.07 Å². The van der Waals surface area contributed by atoms with Crippen molar-refractivity contribution < 1.29 is 28.6 Å². The normalized spacial score (nSPS) is 17.1. The highest BCUT2D eigenvalue weighted by molar-refractivity contribution is 6.01. The van der Waals surface area contributed by atoms with Crippen molar-refractivity contribution in [2.75, 3.05) is 25.1 Å². The van der Waals surface area contributed by atoms with Crippen LogP contribution in [0.2, 0.25) is 0 Å². The van der Waals surface area contributed by atoms with Gasteiger partial charge in [0.05, 0.1) is 0 Å². The number of anilines is 1. The van der Waals surface area contributed by atoms with Gasteiger partial charge in [0.2, 0.25) is 0 Å². The lowest BCUT2D eigenvalue weighted by Crippen LogP contribution is -2.41. The maximum atomic E-state index is 12.4. The van der Waals surface area contributed by atoms with Gasteiger partial charge in [-0.3, -0.25) is 25.2 Å².